The molecule has 0 aromatic carbocycles. The zero-order chi connectivity index (χ0) is 16.7. The van der Waals surface area contributed by atoms with Crippen LogP contribution in [0.25, 0.3) is 0 Å². The van der Waals surface area contributed by atoms with Crippen LogP contribution >= 0.6 is 0 Å². The molecule has 1 spiro atoms. The minimum Gasteiger partial charge on any atom is -0.449 e. The summed E-state index contributed by atoms with van der Waals surface area (Å²) >= 11 is 0. The van der Waals surface area contributed by atoms with Gasteiger partial charge in [-0.25, -0.2) is 4.98 Å². The third kappa shape index (κ3) is 3.22. The van der Waals surface area contributed by atoms with Crippen LogP contribution in [0.4, 0.5) is 0 Å². The molecule has 2 aliphatic heterocycles. The smallest absolute Gasteiger partial charge is 0.229 e. The molecule has 1 unspecified atom stereocenters. The number of carbonyl (C=O) groups is 1. The number of aryl methyl sites for hydroxylation is 1. The van der Waals surface area contributed by atoms with Gasteiger partial charge in [-0.15, -0.1) is 0 Å². The van der Waals surface area contributed by atoms with Gasteiger partial charge in [0, 0.05) is 26.6 Å². The Morgan fingerprint density at radius 1 is 1.38 bits per heavy atom. The highest BCUT2D eigenvalue weighted by molar-refractivity contribution is 5.84. The highest BCUT2D eigenvalue weighted by atomic mass is 16.3. The van der Waals surface area contributed by atoms with Gasteiger partial charge in [-0.05, 0) is 51.1 Å². The van der Waals surface area contributed by atoms with Crippen molar-refractivity contribution in [3.63, 3.8) is 0 Å². The van der Waals surface area contributed by atoms with E-state index < -0.39 is 0 Å². The SMILES string of the molecule is Cc1nc(CN2CCC3(CC2)CC(O)CN(CC2CC2)C3=O)co1. The molecule has 4 rings (SSSR count). The molecule has 1 amide bonds. The van der Waals surface area contributed by atoms with Crippen molar-refractivity contribution in [2.24, 2.45) is 11.3 Å². The Labute approximate surface area is 142 Å². The number of hydrogen-bond acceptors (Lipinski definition) is 5. The van der Waals surface area contributed by atoms with Crippen molar-refractivity contribution >= 4 is 5.91 Å². The van der Waals surface area contributed by atoms with Crippen LogP contribution in [0.3, 0.4) is 0 Å². The first-order valence-electron chi connectivity index (χ1n) is 9.15. The van der Waals surface area contributed by atoms with Crippen molar-refractivity contribution in [1.82, 2.24) is 14.8 Å². The molecule has 0 bridgehead atoms. The fourth-order valence-corrected chi connectivity index (χ4v) is 4.31. The van der Waals surface area contributed by atoms with Gasteiger partial charge in [0.05, 0.1) is 17.2 Å². The molecule has 1 aromatic rings. The number of piperidine rings is 2. The van der Waals surface area contributed by atoms with Crippen LogP contribution in [0.15, 0.2) is 10.7 Å². The fraction of sp³-hybridized carbons (Fsp3) is 0.778. The Bertz CT molecular complexity index is 600. The first-order valence-corrected chi connectivity index (χ1v) is 9.15. The van der Waals surface area contributed by atoms with E-state index in [1.807, 2.05) is 11.8 Å². The molecule has 3 heterocycles. The van der Waals surface area contributed by atoms with Gasteiger partial charge in [0.2, 0.25) is 5.91 Å². The second kappa shape index (κ2) is 6.15. The van der Waals surface area contributed by atoms with Crippen LogP contribution in [0.2, 0.25) is 0 Å². The lowest BCUT2D eigenvalue weighted by molar-refractivity contribution is -0.157. The molecule has 1 aromatic heterocycles. The first-order chi connectivity index (χ1) is 11.5. The standard InChI is InChI=1S/C18H27N3O3/c1-13-19-15(12-24-13)10-20-6-4-18(5-7-20)8-16(22)11-21(17(18)23)9-14-2-3-14/h12,14,16,22H,2-11H2,1H3. The number of hydrogen-bond donors (Lipinski definition) is 1. The van der Waals surface area contributed by atoms with Gasteiger partial charge in [-0.1, -0.05) is 0 Å². The number of nitrogens with zero attached hydrogens (tertiary/aromatic N) is 3. The number of aliphatic hydroxyl groups excluding tert-OH is 1. The third-order valence-electron chi connectivity index (χ3n) is 5.84. The Balaban J connectivity index is 1.39. The minimum atomic E-state index is -0.369. The summed E-state index contributed by atoms with van der Waals surface area (Å²) in [5.74, 6) is 1.66. The van der Waals surface area contributed by atoms with E-state index in [2.05, 4.69) is 9.88 Å². The fourth-order valence-electron chi connectivity index (χ4n) is 4.31. The summed E-state index contributed by atoms with van der Waals surface area (Å²) < 4.78 is 5.27. The molecule has 1 saturated carbocycles. The van der Waals surface area contributed by atoms with Crippen LogP contribution in [0.1, 0.15) is 43.7 Å². The zero-order valence-electron chi connectivity index (χ0n) is 14.4. The minimum absolute atomic E-state index is 0.289. The Morgan fingerprint density at radius 2 is 2.12 bits per heavy atom. The first kappa shape index (κ1) is 16.1. The molecular formula is C18H27N3O3. The summed E-state index contributed by atoms with van der Waals surface area (Å²) in [5.41, 5.74) is 0.608. The second-order valence-electron chi connectivity index (χ2n) is 7.93. The van der Waals surface area contributed by atoms with Crippen molar-refractivity contribution in [1.29, 1.82) is 0 Å². The number of carbonyl (C=O) groups excluding carboxylic acids is 1. The normalized spacial score (nSPS) is 27.8. The molecule has 1 atom stereocenters. The van der Waals surface area contributed by atoms with Gasteiger partial charge in [-0.2, -0.15) is 0 Å². The summed E-state index contributed by atoms with van der Waals surface area (Å²) in [5, 5.41) is 10.3. The van der Waals surface area contributed by atoms with Gasteiger partial charge in [0.1, 0.15) is 6.26 Å². The van der Waals surface area contributed by atoms with Crippen molar-refractivity contribution in [2.75, 3.05) is 26.2 Å². The average Bonchev–Trinajstić information content (AvgIpc) is 3.27. The molecule has 0 radical (unpaired) electrons. The molecule has 3 aliphatic rings. The van der Waals surface area contributed by atoms with Gasteiger partial charge in [0.15, 0.2) is 5.89 Å². The maximum absolute atomic E-state index is 13.0. The predicted octanol–water partition coefficient (Wildman–Crippen LogP) is 1.57. The highest BCUT2D eigenvalue weighted by Crippen LogP contribution is 2.42. The molecule has 3 fully saturated rings. The maximum Gasteiger partial charge on any atom is 0.229 e. The number of amides is 1. The lowest BCUT2D eigenvalue weighted by Crippen LogP contribution is -2.57. The summed E-state index contributed by atoms with van der Waals surface area (Å²) in [6, 6.07) is 0. The molecule has 24 heavy (non-hydrogen) atoms. The van der Waals surface area contributed by atoms with E-state index in [4.69, 9.17) is 4.42 Å². The molecular weight excluding hydrogens is 306 g/mol. The average molecular weight is 333 g/mol. The molecule has 132 valence electrons. The zero-order valence-corrected chi connectivity index (χ0v) is 14.4. The van der Waals surface area contributed by atoms with E-state index in [0.717, 1.165) is 44.7 Å². The maximum atomic E-state index is 13.0. The van der Waals surface area contributed by atoms with Crippen LogP contribution in [0.5, 0.6) is 0 Å². The number of aliphatic hydroxyl groups is 1. The van der Waals surface area contributed by atoms with Gasteiger partial charge < -0.3 is 14.4 Å². The van der Waals surface area contributed by atoms with Gasteiger partial charge in [0.25, 0.3) is 0 Å². The van der Waals surface area contributed by atoms with Crippen molar-refractivity contribution in [3.05, 3.63) is 17.8 Å². The van der Waals surface area contributed by atoms with Crippen LogP contribution < -0.4 is 0 Å². The lowest BCUT2D eigenvalue weighted by Gasteiger charge is -2.48. The molecule has 1 aliphatic carbocycles. The molecule has 2 saturated heterocycles. The Hall–Kier alpha value is -1.40. The number of likely N-dealkylation sites (tertiary alicyclic amines) is 2. The summed E-state index contributed by atoms with van der Waals surface area (Å²) in [4.78, 5) is 21.7. The van der Waals surface area contributed by atoms with Gasteiger partial charge >= 0.3 is 0 Å². The van der Waals surface area contributed by atoms with Crippen LogP contribution in [-0.2, 0) is 11.3 Å². The summed E-state index contributed by atoms with van der Waals surface area (Å²) in [6.07, 6.45) is 6.11. The highest BCUT2D eigenvalue weighted by Gasteiger charge is 2.49. The van der Waals surface area contributed by atoms with Crippen molar-refractivity contribution in [3.8, 4) is 0 Å². The third-order valence-corrected chi connectivity index (χ3v) is 5.84. The number of aromatic nitrogens is 1. The lowest BCUT2D eigenvalue weighted by atomic mass is 9.70. The van der Waals surface area contributed by atoms with E-state index in [1.165, 1.54) is 12.8 Å². The number of oxazole rings is 1. The predicted molar refractivity (Wildman–Crippen MR) is 88.1 cm³/mol. The largest absolute Gasteiger partial charge is 0.449 e. The summed E-state index contributed by atoms with van der Waals surface area (Å²) in [6.45, 7) is 5.75. The van der Waals surface area contributed by atoms with E-state index in [-0.39, 0.29) is 17.4 Å². The van der Waals surface area contributed by atoms with E-state index in [0.29, 0.717) is 24.8 Å². The molecule has 1 N–H and O–H groups in total. The summed E-state index contributed by atoms with van der Waals surface area (Å²) in [7, 11) is 0. The van der Waals surface area contributed by atoms with Crippen LogP contribution in [0, 0.1) is 18.3 Å². The quantitative estimate of drug-likeness (QED) is 0.906. The second-order valence-corrected chi connectivity index (χ2v) is 7.93. The van der Waals surface area contributed by atoms with E-state index in [1.54, 1.807) is 6.26 Å². The van der Waals surface area contributed by atoms with Crippen molar-refractivity contribution < 1.29 is 14.3 Å². The molecule has 6 heteroatoms. The molecule has 6 nitrogen and oxygen atoms in total. The van der Waals surface area contributed by atoms with Gasteiger partial charge in [-0.3, -0.25) is 9.69 Å². The monoisotopic (exact) mass is 333 g/mol. The number of β-amino-alcohol motifs (C(OH)–C–C–N with tert-alkyl or cyclic N) is 1. The Kier molecular flexibility index (Phi) is 4.12. The Morgan fingerprint density at radius 3 is 2.75 bits per heavy atom. The van der Waals surface area contributed by atoms with E-state index >= 15 is 0 Å². The number of rotatable bonds is 4. The van der Waals surface area contributed by atoms with Crippen molar-refractivity contribution in [2.45, 2.75) is 51.7 Å². The topological polar surface area (TPSA) is 69.8 Å². The van der Waals surface area contributed by atoms with Crippen LogP contribution in [-0.4, -0.2) is 58.1 Å². The van der Waals surface area contributed by atoms with E-state index in [9.17, 15) is 9.90 Å².